The lowest BCUT2D eigenvalue weighted by Gasteiger charge is -2.20. The van der Waals surface area contributed by atoms with Crippen molar-refractivity contribution in [3.8, 4) is 22.4 Å². The molecular weight excluding hydrogens is 406 g/mol. The van der Waals surface area contributed by atoms with Crippen molar-refractivity contribution >= 4 is 11.9 Å². The van der Waals surface area contributed by atoms with Crippen LogP contribution in [0.1, 0.15) is 30.6 Å². The van der Waals surface area contributed by atoms with Crippen LogP contribution in [0.25, 0.3) is 22.4 Å². The fraction of sp³-hybridized carbons (Fsp3) is 0.280. The average Bonchev–Trinajstić information content (AvgIpc) is 2.80. The van der Waals surface area contributed by atoms with Crippen molar-refractivity contribution < 1.29 is 14.3 Å². The summed E-state index contributed by atoms with van der Waals surface area (Å²) < 4.78 is 6.01. The molecule has 1 amide bonds. The van der Waals surface area contributed by atoms with E-state index < -0.39 is 23.5 Å². The van der Waals surface area contributed by atoms with Crippen LogP contribution in [0.3, 0.4) is 0 Å². The van der Waals surface area contributed by atoms with E-state index in [1.54, 1.807) is 0 Å². The van der Waals surface area contributed by atoms with E-state index in [1.165, 1.54) is 14.2 Å². The van der Waals surface area contributed by atoms with Crippen LogP contribution in [0.5, 0.6) is 0 Å². The molecule has 1 heterocycles. The molecule has 7 heteroatoms. The quantitative estimate of drug-likeness (QED) is 0.577. The number of amides is 1. The number of rotatable bonds is 7. The van der Waals surface area contributed by atoms with Crippen LogP contribution in [-0.4, -0.2) is 34.8 Å². The molecule has 1 atom stereocenters. The number of ether oxygens (including phenoxy) is 1. The number of hydrogen-bond donors (Lipinski definition) is 1. The van der Waals surface area contributed by atoms with E-state index in [0.717, 1.165) is 10.2 Å². The van der Waals surface area contributed by atoms with Crippen LogP contribution < -0.4 is 10.9 Å². The van der Waals surface area contributed by atoms with Crippen molar-refractivity contribution in [1.82, 2.24) is 15.1 Å². The molecule has 166 valence electrons. The molecule has 32 heavy (non-hydrogen) atoms. The summed E-state index contributed by atoms with van der Waals surface area (Å²) in [6, 6.07) is 17.7. The first-order valence-electron chi connectivity index (χ1n) is 10.4. The van der Waals surface area contributed by atoms with Gasteiger partial charge >= 0.3 is 5.97 Å². The third-order valence-corrected chi connectivity index (χ3v) is 5.08. The SMILES string of the molecule is COC(=O)C(CC(C)C)NC(=O)c1c(-c2ccccc2)c(-c2ccccc2)nn(C)c1=O. The molecule has 1 aromatic heterocycles. The molecule has 0 aliphatic rings. The first-order valence-corrected chi connectivity index (χ1v) is 10.4. The van der Waals surface area contributed by atoms with Gasteiger partial charge in [-0.2, -0.15) is 5.10 Å². The second kappa shape index (κ2) is 10.0. The van der Waals surface area contributed by atoms with Crippen LogP contribution in [0.15, 0.2) is 65.5 Å². The number of methoxy groups -OCH3 is 1. The number of carbonyl (C=O) groups is 2. The van der Waals surface area contributed by atoms with Crippen molar-refractivity contribution in [3.05, 3.63) is 76.6 Å². The molecule has 3 rings (SSSR count). The van der Waals surface area contributed by atoms with Crippen molar-refractivity contribution in [3.63, 3.8) is 0 Å². The van der Waals surface area contributed by atoms with Gasteiger partial charge in [0.1, 0.15) is 11.6 Å². The third-order valence-electron chi connectivity index (χ3n) is 5.08. The fourth-order valence-corrected chi connectivity index (χ4v) is 3.59. The zero-order chi connectivity index (χ0) is 23.3. The monoisotopic (exact) mass is 433 g/mol. The topological polar surface area (TPSA) is 90.3 Å². The van der Waals surface area contributed by atoms with Gasteiger partial charge in [0.05, 0.1) is 12.8 Å². The molecule has 3 aromatic rings. The summed E-state index contributed by atoms with van der Waals surface area (Å²) in [5.74, 6) is -1.06. The number of esters is 1. The van der Waals surface area contributed by atoms with E-state index in [4.69, 9.17) is 4.74 Å². The van der Waals surface area contributed by atoms with Crippen molar-refractivity contribution in [2.24, 2.45) is 13.0 Å². The molecular formula is C25H27N3O4. The Hall–Kier alpha value is -3.74. The zero-order valence-corrected chi connectivity index (χ0v) is 18.7. The van der Waals surface area contributed by atoms with Gasteiger partial charge in [-0.15, -0.1) is 0 Å². The van der Waals surface area contributed by atoms with E-state index in [9.17, 15) is 14.4 Å². The van der Waals surface area contributed by atoms with Crippen molar-refractivity contribution in [2.75, 3.05) is 7.11 Å². The Kier molecular flexibility index (Phi) is 7.20. The first-order chi connectivity index (χ1) is 15.3. The number of aromatic nitrogens is 2. The lowest BCUT2D eigenvalue weighted by molar-refractivity contribution is -0.143. The Morgan fingerprint density at radius 1 is 1.00 bits per heavy atom. The lowest BCUT2D eigenvalue weighted by atomic mass is 9.94. The van der Waals surface area contributed by atoms with E-state index in [2.05, 4.69) is 10.4 Å². The Labute approximate surface area is 187 Å². The third kappa shape index (κ3) is 4.94. The lowest BCUT2D eigenvalue weighted by Crippen LogP contribution is -2.45. The molecule has 2 aromatic carbocycles. The van der Waals surface area contributed by atoms with Gasteiger partial charge in [0.15, 0.2) is 0 Å². The predicted molar refractivity (Wildman–Crippen MR) is 123 cm³/mol. The molecule has 0 aliphatic heterocycles. The highest BCUT2D eigenvalue weighted by molar-refractivity contribution is 6.04. The maximum Gasteiger partial charge on any atom is 0.328 e. The zero-order valence-electron chi connectivity index (χ0n) is 18.7. The van der Waals surface area contributed by atoms with Gasteiger partial charge in [0.25, 0.3) is 11.5 Å². The highest BCUT2D eigenvalue weighted by Crippen LogP contribution is 2.32. The highest BCUT2D eigenvalue weighted by Gasteiger charge is 2.29. The van der Waals surface area contributed by atoms with Gasteiger partial charge in [0.2, 0.25) is 0 Å². The second-order valence-electron chi connectivity index (χ2n) is 7.94. The van der Waals surface area contributed by atoms with Crippen molar-refractivity contribution in [2.45, 2.75) is 26.3 Å². The Balaban J connectivity index is 2.22. The number of nitrogens with zero attached hydrogens (tertiary/aromatic N) is 2. The highest BCUT2D eigenvalue weighted by atomic mass is 16.5. The minimum Gasteiger partial charge on any atom is -0.467 e. The van der Waals surface area contributed by atoms with Crippen LogP contribution in [0, 0.1) is 5.92 Å². The van der Waals surface area contributed by atoms with Gasteiger partial charge in [-0.05, 0) is 17.9 Å². The molecule has 0 radical (unpaired) electrons. The Morgan fingerprint density at radius 2 is 1.56 bits per heavy atom. The number of hydrogen-bond acceptors (Lipinski definition) is 5. The summed E-state index contributed by atoms with van der Waals surface area (Å²) in [5, 5.41) is 7.19. The van der Waals surface area contributed by atoms with Crippen molar-refractivity contribution in [1.29, 1.82) is 0 Å². The van der Waals surface area contributed by atoms with Crippen LogP contribution >= 0.6 is 0 Å². The summed E-state index contributed by atoms with van der Waals surface area (Å²) >= 11 is 0. The second-order valence-corrected chi connectivity index (χ2v) is 7.94. The summed E-state index contributed by atoms with van der Waals surface area (Å²) in [4.78, 5) is 38.9. The summed E-state index contributed by atoms with van der Waals surface area (Å²) in [6.45, 7) is 3.88. The fourth-order valence-electron chi connectivity index (χ4n) is 3.59. The number of carbonyl (C=O) groups excluding carboxylic acids is 2. The Morgan fingerprint density at radius 3 is 2.09 bits per heavy atom. The normalized spacial score (nSPS) is 11.8. The maximum atomic E-state index is 13.4. The number of benzene rings is 2. The van der Waals surface area contributed by atoms with Gasteiger partial charge in [-0.25, -0.2) is 9.48 Å². The Bertz CT molecular complexity index is 1160. The summed E-state index contributed by atoms with van der Waals surface area (Å²) in [5.41, 5.74) is 1.76. The van der Waals surface area contributed by atoms with E-state index in [-0.39, 0.29) is 11.5 Å². The number of nitrogens with one attached hydrogen (secondary N) is 1. The van der Waals surface area contributed by atoms with Gasteiger partial charge in [0, 0.05) is 18.2 Å². The van der Waals surface area contributed by atoms with E-state index in [0.29, 0.717) is 23.2 Å². The maximum absolute atomic E-state index is 13.4. The standard InChI is InChI=1S/C25H27N3O4/c1-16(2)15-19(25(31)32-4)26-23(29)21-20(17-11-7-5-8-12-17)22(27-28(3)24(21)30)18-13-9-6-10-14-18/h5-14,16,19H,15H2,1-4H3,(H,26,29). The largest absolute Gasteiger partial charge is 0.467 e. The first kappa shape index (κ1) is 22.9. The molecule has 0 aliphatic carbocycles. The molecule has 1 N–H and O–H groups in total. The molecule has 0 saturated heterocycles. The van der Waals surface area contributed by atoms with Gasteiger partial charge in [-0.1, -0.05) is 74.5 Å². The van der Waals surface area contributed by atoms with Crippen LogP contribution in [0.4, 0.5) is 0 Å². The predicted octanol–water partition coefficient (Wildman–Crippen LogP) is 3.43. The molecule has 0 saturated carbocycles. The van der Waals surface area contributed by atoms with Crippen LogP contribution in [0.2, 0.25) is 0 Å². The molecule has 1 unspecified atom stereocenters. The average molecular weight is 434 g/mol. The number of aryl methyl sites for hydroxylation is 1. The summed E-state index contributed by atoms with van der Waals surface area (Å²) in [7, 11) is 2.78. The molecule has 0 bridgehead atoms. The molecule has 0 spiro atoms. The van der Waals surface area contributed by atoms with E-state index >= 15 is 0 Å². The van der Waals surface area contributed by atoms with Crippen LogP contribution in [-0.2, 0) is 16.6 Å². The minimum atomic E-state index is -0.867. The smallest absolute Gasteiger partial charge is 0.328 e. The molecule has 0 fully saturated rings. The van der Waals surface area contributed by atoms with E-state index in [1.807, 2.05) is 74.5 Å². The van der Waals surface area contributed by atoms with Gasteiger partial charge in [-0.3, -0.25) is 9.59 Å². The minimum absolute atomic E-state index is 0.0646. The van der Waals surface area contributed by atoms with Gasteiger partial charge < -0.3 is 10.1 Å². The summed E-state index contributed by atoms with van der Waals surface area (Å²) in [6.07, 6.45) is 0.385. The molecule has 7 nitrogen and oxygen atoms in total.